The first kappa shape index (κ1) is 17.9. The molecule has 1 aromatic carbocycles. The number of aromatic hydroxyl groups is 1. The van der Waals surface area contributed by atoms with E-state index in [1.807, 2.05) is 12.3 Å². The van der Waals surface area contributed by atoms with Crippen LogP contribution in [0, 0.1) is 10.1 Å². The first-order valence-corrected chi connectivity index (χ1v) is 6.57. The van der Waals surface area contributed by atoms with Crippen molar-refractivity contribution in [3.63, 3.8) is 0 Å². The van der Waals surface area contributed by atoms with Gasteiger partial charge in [-0.05, 0) is 12.5 Å². The molecule has 0 spiro atoms. The van der Waals surface area contributed by atoms with Crippen LogP contribution in [0.2, 0.25) is 0 Å². The Labute approximate surface area is 131 Å². The van der Waals surface area contributed by atoms with E-state index in [0.29, 0.717) is 13.0 Å². The number of rotatable bonds is 6. The second-order valence-electron chi connectivity index (χ2n) is 4.30. The number of hydrazone groups is 1. The van der Waals surface area contributed by atoms with Crippen molar-refractivity contribution < 1.29 is 24.4 Å². The van der Waals surface area contributed by atoms with E-state index in [0.717, 1.165) is 12.3 Å². The summed E-state index contributed by atoms with van der Waals surface area (Å²) in [6.07, 6.45) is 1.76. The average molecular weight is 324 g/mol. The average Bonchev–Trinajstić information content (AvgIpc) is 2.53. The van der Waals surface area contributed by atoms with E-state index in [9.17, 15) is 24.8 Å². The molecule has 0 fully saturated rings. The molecule has 0 aliphatic rings. The Morgan fingerprint density at radius 1 is 1.43 bits per heavy atom. The van der Waals surface area contributed by atoms with Gasteiger partial charge in [-0.2, -0.15) is 5.10 Å². The maximum Gasteiger partial charge on any atom is 0.329 e. The summed E-state index contributed by atoms with van der Waals surface area (Å²) in [5.41, 5.74) is 1.61. The number of carbonyl (C=O) groups excluding carboxylic acids is 2. The van der Waals surface area contributed by atoms with Crippen LogP contribution >= 0.6 is 0 Å². The summed E-state index contributed by atoms with van der Waals surface area (Å²) in [6, 6.07) is 2.33. The van der Waals surface area contributed by atoms with Crippen molar-refractivity contribution in [3.8, 4) is 11.5 Å². The Morgan fingerprint density at radius 2 is 2.13 bits per heavy atom. The van der Waals surface area contributed by atoms with Gasteiger partial charge in [0.25, 0.3) is 0 Å². The third-order valence-corrected chi connectivity index (χ3v) is 2.62. The summed E-state index contributed by atoms with van der Waals surface area (Å²) in [4.78, 5) is 32.7. The van der Waals surface area contributed by atoms with Gasteiger partial charge in [-0.3, -0.25) is 19.7 Å². The number of methoxy groups -OCH3 is 1. The summed E-state index contributed by atoms with van der Waals surface area (Å²) in [7, 11) is 1.24. The van der Waals surface area contributed by atoms with Crippen LogP contribution in [-0.2, 0) is 9.59 Å². The zero-order valence-electron chi connectivity index (χ0n) is 12.5. The van der Waals surface area contributed by atoms with Gasteiger partial charge in [0.1, 0.15) is 0 Å². The minimum atomic E-state index is -0.963. The van der Waals surface area contributed by atoms with E-state index < -0.39 is 28.2 Å². The summed E-state index contributed by atoms with van der Waals surface area (Å²) in [6.45, 7) is 2.19. The van der Waals surface area contributed by atoms with Crippen molar-refractivity contribution in [3.05, 3.63) is 27.8 Å². The number of ether oxygens (including phenoxy) is 1. The van der Waals surface area contributed by atoms with Crippen molar-refractivity contribution in [2.24, 2.45) is 5.10 Å². The lowest BCUT2D eigenvalue weighted by atomic mass is 10.2. The van der Waals surface area contributed by atoms with Gasteiger partial charge in [0, 0.05) is 18.2 Å². The number of nitro groups is 1. The molecule has 2 amide bonds. The summed E-state index contributed by atoms with van der Waals surface area (Å²) in [5.74, 6) is -2.53. The van der Waals surface area contributed by atoms with Crippen LogP contribution in [0.5, 0.6) is 11.5 Å². The van der Waals surface area contributed by atoms with E-state index in [4.69, 9.17) is 4.74 Å². The fourth-order valence-corrected chi connectivity index (χ4v) is 1.52. The van der Waals surface area contributed by atoms with Crippen molar-refractivity contribution >= 4 is 23.7 Å². The number of nitrogens with one attached hydrogen (secondary N) is 2. The molecule has 0 bridgehead atoms. The minimum absolute atomic E-state index is 0.118. The SMILES string of the molecule is CCCNC(=O)C(=O)N/N=C/c1cc(OC)c(O)c([N+](=O)[O-])c1. The molecular weight excluding hydrogens is 308 g/mol. The fourth-order valence-electron chi connectivity index (χ4n) is 1.52. The molecule has 0 aliphatic heterocycles. The number of amides is 2. The molecule has 10 nitrogen and oxygen atoms in total. The molecule has 0 aromatic heterocycles. The number of carbonyl (C=O) groups is 2. The largest absolute Gasteiger partial charge is 0.500 e. The van der Waals surface area contributed by atoms with E-state index in [1.54, 1.807) is 0 Å². The molecule has 1 rings (SSSR count). The van der Waals surface area contributed by atoms with Crippen LogP contribution in [0.1, 0.15) is 18.9 Å². The van der Waals surface area contributed by atoms with Crippen LogP contribution in [0.15, 0.2) is 17.2 Å². The predicted molar refractivity (Wildman–Crippen MR) is 80.4 cm³/mol. The van der Waals surface area contributed by atoms with Gasteiger partial charge in [0.2, 0.25) is 5.75 Å². The molecule has 0 atom stereocenters. The highest BCUT2D eigenvalue weighted by molar-refractivity contribution is 6.35. The normalized spacial score (nSPS) is 10.3. The summed E-state index contributed by atoms with van der Waals surface area (Å²) in [5, 5.41) is 26.3. The summed E-state index contributed by atoms with van der Waals surface area (Å²) >= 11 is 0. The van der Waals surface area contributed by atoms with Crippen LogP contribution in [0.25, 0.3) is 0 Å². The maximum atomic E-state index is 11.4. The standard InChI is InChI=1S/C13H16N4O6/c1-3-4-14-12(19)13(20)16-15-7-8-5-9(17(21)22)11(18)10(6-8)23-2/h5-7,18H,3-4H2,1-2H3,(H,14,19)(H,16,20)/b15-7+. The fraction of sp³-hybridized carbons (Fsp3) is 0.308. The number of phenols is 1. The quantitative estimate of drug-likeness (QED) is 0.297. The van der Waals surface area contributed by atoms with Crippen molar-refractivity contribution in [1.82, 2.24) is 10.7 Å². The Bertz CT molecular complexity index is 644. The van der Waals surface area contributed by atoms with Crippen molar-refractivity contribution in [2.75, 3.05) is 13.7 Å². The van der Waals surface area contributed by atoms with Gasteiger partial charge in [0.15, 0.2) is 5.75 Å². The van der Waals surface area contributed by atoms with E-state index in [2.05, 4.69) is 10.4 Å². The molecule has 0 saturated heterocycles. The molecule has 0 radical (unpaired) electrons. The Morgan fingerprint density at radius 3 is 2.70 bits per heavy atom. The third kappa shape index (κ3) is 4.95. The smallest absolute Gasteiger partial charge is 0.329 e. The van der Waals surface area contributed by atoms with Gasteiger partial charge in [-0.1, -0.05) is 6.92 Å². The lowest BCUT2D eigenvalue weighted by Gasteiger charge is -2.05. The van der Waals surface area contributed by atoms with E-state index >= 15 is 0 Å². The van der Waals surface area contributed by atoms with Crippen molar-refractivity contribution in [2.45, 2.75) is 13.3 Å². The number of nitrogens with zero attached hydrogens (tertiary/aromatic N) is 2. The van der Waals surface area contributed by atoms with Crippen LogP contribution < -0.4 is 15.5 Å². The molecule has 0 heterocycles. The lowest BCUT2D eigenvalue weighted by Crippen LogP contribution is -2.38. The molecule has 0 unspecified atom stereocenters. The number of nitro benzene ring substituents is 1. The zero-order chi connectivity index (χ0) is 17.4. The lowest BCUT2D eigenvalue weighted by molar-refractivity contribution is -0.386. The molecule has 23 heavy (non-hydrogen) atoms. The van der Waals surface area contributed by atoms with Gasteiger partial charge in [-0.25, -0.2) is 5.43 Å². The van der Waals surface area contributed by atoms with E-state index in [1.165, 1.54) is 13.2 Å². The van der Waals surface area contributed by atoms with Gasteiger partial charge < -0.3 is 15.2 Å². The molecule has 0 aliphatic carbocycles. The topological polar surface area (TPSA) is 143 Å². The summed E-state index contributed by atoms with van der Waals surface area (Å²) < 4.78 is 4.82. The monoisotopic (exact) mass is 324 g/mol. The maximum absolute atomic E-state index is 11.4. The van der Waals surface area contributed by atoms with Crippen LogP contribution in [0.3, 0.4) is 0 Å². The Hall–Kier alpha value is -3.17. The number of phenolic OH excluding ortho intramolecular Hbond substituents is 1. The second kappa shape index (κ2) is 8.32. The molecule has 124 valence electrons. The molecule has 1 aromatic rings. The number of hydrogen-bond acceptors (Lipinski definition) is 7. The first-order valence-electron chi connectivity index (χ1n) is 6.57. The van der Waals surface area contributed by atoms with Gasteiger partial charge >= 0.3 is 17.5 Å². The third-order valence-electron chi connectivity index (χ3n) is 2.62. The van der Waals surface area contributed by atoms with Crippen LogP contribution in [-0.4, -0.2) is 41.7 Å². The molecular formula is C13H16N4O6. The Balaban J connectivity index is 2.84. The first-order chi connectivity index (χ1) is 10.9. The number of benzene rings is 1. The highest BCUT2D eigenvalue weighted by Gasteiger charge is 2.19. The molecule has 0 saturated carbocycles. The minimum Gasteiger partial charge on any atom is -0.500 e. The molecule has 10 heteroatoms. The van der Waals surface area contributed by atoms with Crippen LogP contribution in [0.4, 0.5) is 5.69 Å². The van der Waals surface area contributed by atoms with Gasteiger partial charge in [-0.15, -0.1) is 0 Å². The van der Waals surface area contributed by atoms with Gasteiger partial charge in [0.05, 0.1) is 18.2 Å². The second-order valence-corrected chi connectivity index (χ2v) is 4.30. The predicted octanol–water partition coefficient (Wildman–Crippen LogP) is 0.285. The number of hydrogen-bond donors (Lipinski definition) is 3. The zero-order valence-corrected chi connectivity index (χ0v) is 12.5. The Kier molecular flexibility index (Phi) is 6.46. The van der Waals surface area contributed by atoms with E-state index in [-0.39, 0.29) is 11.3 Å². The highest BCUT2D eigenvalue weighted by Crippen LogP contribution is 2.36. The van der Waals surface area contributed by atoms with Crippen molar-refractivity contribution in [1.29, 1.82) is 0 Å². The molecule has 3 N–H and O–H groups in total. The highest BCUT2D eigenvalue weighted by atomic mass is 16.6.